The number of carboxylic acid groups (broad SMARTS) is 1. The maximum absolute atomic E-state index is 13.1. The van der Waals surface area contributed by atoms with Gasteiger partial charge in [0, 0.05) is 25.8 Å². The van der Waals surface area contributed by atoms with Crippen LogP contribution in [-0.2, 0) is 27.3 Å². The number of likely N-dealkylation sites (N-methyl/N-ethyl adjacent to an activating group) is 1. The number of benzene rings is 3. The van der Waals surface area contributed by atoms with E-state index < -0.39 is 12.0 Å². The predicted octanol–water partition coefficient (Wildman–Crippen LogP) is 4.46. The molecule has 41 heavy (non-hydrogen) atoms. The molecule has 3 rings (SSSR count). The zero-order valence-corrected chi connectivity index (χ0v) is 23.8. The molecule has 10 heteroatoms. The van der Waals surface area contributed by atoms with Crippen LogP contribution in [0.3, 0.4) is 0 Å². The van der Waals surface area contributed by atoms with Crippen molar-refractivity contribution in [1.29, 1.82) is 0 Å². The third-order valence-corrected chi connectivity index (χ3v) is 6.50. The fourth-order valence-electron chi connectivity index (χ4n) is 4.07. The fourth-order valence-corrected chi connectivity index (χ4v) is 4.07. The lowest BCUT2D eigenvalue weighted by molar-refractivity contribution is -0.141. The highest BCUT2D eigenvalue weighted by Gasteiger charge is 2.20. The van der Waals surface area contributed by atoms with E-state index >= 15 is 0 Å². The normalized spacial score (nSPS) is 10.4. The molecule has 0 radical (unpaired) electrons. The number of aliphatic carboxylic acids is 1. The maximum atomic E-state index is 13.1. The number of methoxy groups -OCH3 is 1. The lowest BCUT2D eigenvalue weighted by Gasteiger charge is -2.25. The summed E-state index contributed by atoms with van der Waals surface area (Å²) in [5.41, 5.74) is 4.63. The van der Waals surface area contributed by atoms with Gasteiger partial charge in [-0.2, -0.15) is 0 Å². The van der Waals surface area contributed by atoms with Crippen LogP contribution in [0, 0.1) is 13.8 Å². The second-order valence-electron chi connectivity index (χ2n) is 9.80. The van der Waals surface area contributed by atoms with Crippen LogP contribution in [0.5, 0.6) is 5.75 Å². The minimum absolute atomic E-state index is 0.00289. The summed E-state index contributed by atoms with van der Waals surface area (Å²) in [6, 6.07) is 19.6. The summed E-state index contributed by atoms with van der Waals surface area (Å²) >= 11 is 0. The first-order valence-electron chi connectivity index (χ1n) is 13.2. The first-order chi connectivity index (χ1) is 19.5. The minimum Gasteiger partial charge on any atom is -0.495 e. The van der Waals surface area contributed by atoms with E-state index in [1.807, 2.05) is 56.3 Å². The highest BCUT2D eigenvalue weighted by atomic mass is 16.5. The molecule has 0 aromatic heterocycles. The first kappa shape index (κ1) is 30.7. The SMILES string of the molecule is COc1cc(CC(=O)N(C)CC(=O)N(CCC(=O)O)Cc2ccc(C)cc2)ccc1NC(=O)Nc1ccccc1C. The number of aryl methyl sites for hydroxylation is 2. The first-order valence-corrected chi connectivity index (χ1v) is 13.2. The Kier molecular flexibility index (Phi) is 10.9. The second kappa shape index (κ2) is 14.5. The predicted molar refractivity (Wildman–Crippen MR) is 157 cm³/mol. The van der Waals surface area contributed by atoms with Gasteiger partial charge in [0.1, 0.15) is 5.75 Å². The van der Waals surface area contributed by atoms with E-state index in [-0.39, 0.29) is 44.3 Å². The number of nitrogens with one attached hydrogen (secondary N) is 2. The molecule has 10 nitrogen and oxygen atoms in total. The van der Waals surface area contributed by atoms with Crippen LogP contribution < -0.4 is 15.4 Å². The number of hydrogen-bond donors (Lipinski definition) is 3. The van der Waals surface area contributed by atoms with Gasteiger partial charge in [0.25, 0.3) is 0 Å². The zero-order valence-electron chi connectivity index (χ0n) is 23.8. The number of amides is 4. The molecule has 0 fully saturated rings. The fraction of sp³-hybridized carbons (Fsp3) is 0.290. The molecule has 3 aromatic carbocycles. The zero-order chi connectivity index (χ0) is 29.9. The molecule has 216 valence electrons. The molecule has 0 atom stereocenters. The molecule has 3 N–H and O–H groups in total. The second-order valence-corrected chi connectivity index (χ2v) is 9.80. The van der Waals surface area contributed by atoms with Crippen LogP contribution in [0.15, 0.2) is 66.7 Å². The van der Waals surface area contributed by atoms with Crippen molar-refractivity contribution in [2.45, 2.75) is 33.2 Å². The van der Waals surface area contributed by atoms with Crippen molar-refractivity contribution in [2.75, 3.05) is 37.9 Å². The van der Waals surface area contributed by atoms with E-state index in [2.05, 4.69) is 10.6 Å². The van der Waals surface area contributed by atoms with Gasteiger partial charge in [-0.05, 0) is 48.7 Å². The summed E-state index contributed by atoms with van der Waals surface area (Å²) in [4.78, 5) is 52.5. The number of nitrogens with zero attached hydrogens (tertiary/aromatic N) is 2. The molecular weight excluding hydrogens is 524 g/mol. The number of rotatable bonds is 12. The van der Waals surface area contributed by atoms with Crippen molar-refractivity contribution in [3.05, 3.63) is 89.0 Å². The van der Waals surface area contributed by atoms with Gasteiger partial charge in [-0.3, -0.25) is 14.4 Å². The summed E-state index contributed by atoms with van der Waals surface area (Å²) < 4.78 is 5.43. The highest BCUT2D eigenvalue weighted by Crippen LogP contribution is 2.26. The van der Waals surface area contributed by atoms with Crippen molar-refractivity contribution >= 4 is 35.2 Å². The molecule has 4 amide bonds. The van der Waals surface area contributed by atoms with Gasteiger partial charge in [0.05, 0.1) is 32.2 Å². The Labute approximate surface area is 239 Å². The Morgan fingerprint density at radius 2 is 1.51 bits per heavy atom. The van der Waals surface area contributed by atoms with Crippen molar-refractivity contribution < 1.29 is 29.0 Å². The standard InChI is InChI=1S/C31H36N4O6/c1-21-9-11-23(12-10-21)19-35(16-15-30(38)39)29(37)20-34(3)28(36)18-24-13-14-26(27(17-24)41-4)33-31(40)32-25-8-6-5-7-22(25)2/h5-14,17H,15-16,18-20H2,1-4H3,(H,38,39)(H2,32,33,40). The quantitative estimate of drug-likeness (QED) is 0.300. The van der Waals surface area contributed by atoms with Crippen LogP contribution in [0.4, 0.5) is 16.2 Å². The Morgan fingerprint density at radius 3 is 2.17 bits per heavy atom. The topological polar surface area (TPSA) is 128 Å². The number of carbonyl (C=O) groups excluding carboxylic acids is 3. The van der Waals surface area contributed by atoms with E-state index in [4.69, 9.17) is 9.84 Å². The summed E-state index contributed by atoms with van der Waals surface area (Å²) in [7, 11) is 3.00. The largest absolute Gasteiger partial charge is 0.495 e. The van der Waals surface area contributed by atoms with E-state index in [9.17, 15) is 19.2 Å². The summed E-state index contributed by atoms with van der Waals surface area (Å²) in [5, 5.41) is 14.7. The monoisotopic (exact) mass is 560 g/mol. The highest BCUT2D eigenvalue weighted by molar-refractivity contribution is 6.01. The molecule has 0 heterocycles. The van der Waals surface area contributed by atoms with E-state index in [0.717, 1.165) is 16.7 Å². The number of urea groups is 1. The molecule has 0 aliphatic heterocycles. The van der Waals surface area contributed by atoms with Crippen molar-refractivity contribution in [3.8, 4) is 5.75 Å². The van der Waals surface area contributed by atoms with Gasteiger partial charge in [-0.25, -0.2) is 4.79 Å². The molecule has 0 unspecified atom stereocenters. The van der Waals surface area contributed by atoms with Crippen molar-refractivity contribution in [3.63, 3.8) is 0 Å². The summed E-state index contributed by atoms with van der Waals surface area (Å²) in [6.07, 6.45) is -0.193. The molecule has 0 aliphatic rings. The third kappa shape index (κ3) is 9.38. The van der Waals surface area contributed by atoms with Gasteiger partial charge in [-0.15, -0.1) is 0 Å². The van der Waals surface area contributed by atoms with Crippen LogP contribution in [0.1, 0.15) is 28.7 Å². The van der Waals surface area contributed by atoms with Crippen molar-refractivity contribution in [1.82, 2.24) is 9.80 Å². The lowest BCUT2D eigenvalue weighted by atomic mass is 10.1. The van der Waals surface area contributed by atoms with Gasteiger partial charge >= 0.3 is 12.0 Å². The molecule has 0 saturated heterocycles. The van der Waals surface area contributed by atoms with E-state index in [1.165, 1.54) is 24.0 Å². The number of ether oxygens (including phenoxy) is 1. The molecule has 0 bridgehead atoms. The van der Waals surface area contributed by atoms with Crippen LogP contribution >= 0.6 is 0 Å². The van der Waals surface area contributed by atoms with E-state index in [0.29, 0.717) is 22.7 Å². The van der Waals surface area contributed by atoms with Gasteiger partial charge in [0.15, 0.2) is 0 Å². The molecule has 0 spiro atoms. The van der Waals surface area contributed by atoms with E-state index in [1.54, 1.807) is 24.3 Å². The number of hydrogen-bond acceptors (Lipinski definition) is 5. The maximum Gasteiger partial charge on any atom is 0.323 e. The Bertz CT molecular complexity index is 1390. The van der Waals surface area contributed by atoms with Crippen LogP contribution in [0.25, 0.3) is 0 Å². The minimum atomic E-state index is -1.00. The van der Waals surface area contributed by atoms with Gasteiger partial charge in [-0.1, -0.05) is 54.1 Å². The lowest BCUT2D eigenvalue weighted by Crippen LogP contribution is -2.42. The number of carbonyl (C=O) groups is 4. The molecule has 3 aromatic rings. The average molecular weight is 561 g/mol. The molecular formula is C31H36N4O6. The Morgan fingerprint density at radius 1 is 0.854 bits per heavy atom. The third-order valence-electron chi connectivity index (χ3n) is 6.50. The Hall–Kier alpha value is -4.86. The summed E-state index contributed by atoms with van der Waals surface area (Å²) in [5.74, 6) is -1.27. The molecule has 0 aliphatic carbocycles. The van der Waals surface area contributed by atoms with Crippen molar-refractivity contribution in [2.24, 2.45) is 0 Å². The Balaban J connectivity index is 1.61. The number of carboxylic acids is 1. The number of para-hydroxylation sites is 1. The smallest absolute Gasteiger partial charge is 0.323 e. The summed E-state index contributed by atoms with van der Waals surface area (Å²) in [6.45, 7) is 3.94. The number of anilines is 2. The molecule has 0 saturated carbocycles. The van der Waals surface area contributed by atoms with Gasteiger partial charge in [0.2, 0.25) is 11.8 Å². The van der Waals surface area contributed by atoms with Gasteiger partial charge < -0.3 is 30.3 Å². The van der Waals surface area contributed by atoms with Crippen LogP contribution in [-0.4, -0.2) is 66.0 Å². The van der Waals surface area contributed by atoms with Crippen LogP contribution in [0.2, 0.25) is 0 Å². The average Bonchev–Trinajstić information content (AvgIpc) is 2.93.